The maximum Gasteiger partial charge on any atom is 0.334 e. The summed E-state index contributed by atoms with van der Waals surface area (Å²) in [7, 11) is 0. The van der Waals surface area contributed by atoms with Crippen LogP contribution in [0.3, 0.4) is 0 Å². The molecular weight excluding hydrogens is 184 g/mol. The maximum absolute atomic E-state index is 11.0. The number of carbonyl (C=O) groups is 2. The molecule has 0 fully saturated rings. The Hall–Kier alpha value is -1.58. The third-order valence-electron chi connectivity index (χ3n) is 1.20. The molecule has 0 spiro atoms. The first kappa shape index (κ1) is 12.4. The van der Waals surface area contributed by atoms with Gasteiger partial charge in [-0.15, -0.1) is 0 Å². The minimum Gasteiger partial charge on any atom is -0.494 e. The molecule has 0 amide bonds. The predicted molar refractivity (Wildman–Crippen MR) is 51.5 cm³/mol. The predicted octanol–water partition coefficient (Wildman–Crippen LogP) is 1.22. The van der Waals surface area contributed by atoms with Gasteiger partial charge in [-0.2, -0.15) is 0 Å². The molecule has 0 bridgehead atoms. The molecular formula is C10H14O4. The summed E-state index contributed by atoms with van der Waals surface area (Å²) in [5.74, 6) is -0.162. The van der Waals surface area contributed by atoms with Crippen molar-refractivity contribution in [2.24, 2.45) is 0 Å². The van der Waals surface area contributed by atoms with Gasteiger partial charge in [-0.05, 0) is 26.0 Å². The SMILES string of the molecule is CCOC(=O)/C=C(\C=C\C=O)OCC. The molecule has 0 unspecified atom stereocenters. The molecule has 0 radical (unpaired) electrons. The number of hydrogen-bond donors (Lipinski definition) is 0. The summed E-state index contributed by atoms with van der Waals surface area (Å²) < 4.78 is 9.76. The first-order chi connectivity index (χ1) is 6.74. The minimum atomic E-state index is -0.480. The van der Waals surface area contributed by atoms with Crippen LogP contribution in [0.4, 0.5) is 0 Å². The zero-order chi connectivity index (χ0) is 10.8. The Bertz CT molecular complexity index is 241. The van der Waals surface area contributed by atoms with E-state index in [0.29, 0.717) is 25.3 Å². The van der Waals surface area contributed by atoms with Gasteiger partial charge in [0, 0.05) is 0 Å². The van der Waals surface area contributed by atoms with E-state index < -0.39 is 5.97 Å². The van der Waals surface area contributed by atoms with Gasteiger partial charge in [0.15, 0.2) is 0 Å². The van der Waals surface area contributed by atoms with Crippen molar-refractivity contribution in [2.45, 2.75) is 13.8 Å². The van der Waals surface area contributed by atoms with Crippen LogP contribution in [0, 0.1) is 0 Å². The zero-order valence-corrected chi connectivity index (χ0v) is 8.36. The molecule has 0 saturated heterocycles. The van der Waals surface area contributed by atoms with Crippen LogP contribution >= 0.6 is 0 Å². The van der Waals surface area contributed by atoms with Crippen molar-refractivity contribution in [3.8, 4) is 0 Å². The number of allylic oxidation sites excluding steroid dienone is 2. The fourth-order valence-electron chi connectivity index (χ4n) is 0.739. The van der Waals surface area contributed by atoms with E-state index in [1.807, 2.05) is 0 Å². The van der Waals surface area contributed by atoms with Crippen LogP contribution in [0.15, 0.2) is 24.0 Å². The Morgan fingerprint density at radius 2 is 1.86 bits per heavy atom. The Balaban J connectivity index is 4.37. The minimum absolute atomic E-state index is 0.312. The molecule has 14 heavy (non-hydrogen) atoms. The van der Waals surface area contributed by atoms with Crippen LogP contribution < -0.4 is 0 Å². The molecule has 0 aromatic heterocycles. The summed E-state index contributed by atoms with van der Waals surface area (Å²) in [6, 6.07) is 0. The number of hydrogen-bond acceptors (Lipinski definition) is 4. The van der Waals surface area contributed by atoms with Gasteiger partial charge >= 0.3 is 5.97 Å². The topological polar surface area (TPSA) is 52.6 Å². The van der Waals surface area contributed by atoms with Gasteiger partial charge in [0.05, 0.1) is 19.3 Å². The van der Waals surface area contributed by atoms with Crippen LogP contribution in [0.2, 0.25) is 0 Å². The third-order valence-corrected chi connectivity index (χ3v) is 1.20. The Labute approximate surface area is 83.2 Å². The van der Waals surface area contributed by atoms with Crippen LogP contribution in [0.1, 0.15) is 13.8 Å². The molecule has 0 rings (SSSR count). The molecule has 78 valence electrons. The number of esters is 1. The second-order valence-corrected chi connectivity index (χ2v) is 2.23. The fourth-order valence-corrected chi connectivity index (χ4v) is 0.739. The van der Waals surface area contributed by atoms with Gasteiger partial charge in [0.2, 0.25) is 0 Å². The summed E-state index contributed by atoms with van der Waals surface area (Å²) in [6.45, 7) is 4.24. The highest BCUT2D eigenvalue weighted by Crippen LogP contribution is 1.99. The first-order valence-corrected chi connectivity index (χ1v) is 4.37. The molecule has 4 heteroatoms. The van der Waals surface area contributed by atoms with Crippen molar-refractivity contribution >= 4 is 12.3 Å². The molecule has 0 aliphatic carbocycles. The van der Waals surface area contributed by atoms with Crippen molar-refractivity contribution < 1.29 is 19.1 Å². The Morgan fingerprint density at radius 3 is 2.36 bits per heavy atom. The molecule has 0 heterocycles. The molecule has 0 aromatic rings. The second-order valence-electron chi connectivity index (χ2n) is 2.23. The largest absolute Gasteiger partial charge is 0.494 e. The molecule has 0 atom stereocenters. The van der Waals surface area contributed by atoms with Gasteiger partial charge in [-0.25, -0.2) is 4.79 Å². The lowest BCUT2D eigenvalue weighted by Gasteiger charge is -2.02. The van der Waals surface area contributed by atoms with Crippen molar-refractivity contribution in [1.29, 1.82) is 0 Å². The van der Waals surface area contributed by atoms with Gasteiger partial charge < -0.3 is 9.47 Å². The van der Waals surface area contributed by atoms with Crippen molar-refractivity contribution in [1.82, 2.24) is 0 Å². The van der Waals surface area contributed by atoms with Crippen molar-refractivity contribution in [3.05, 3.63) is 24.0 Å². The van der Waals surface area contributed by atoms with E-state index in [9.17, 15) is 9.59 Å². The summed E-state index contributed by atoms with van der Waals surface area (Å²) in [4.78, 5) is 21.0. The van der Waals surface area contributed by atoms with E-state index in [0.717, 1.165) is 0 Å². The standard InChI is InChI=1S/C10H14O4/c1-3-13-9(6-5-7-11)8-10(12)14-4-2/h5-8H,3-4H2,1-2H3/b6-5+,9-8+. The highest BCUT2D eigenvalue weighted by Gasteiger charge is 1.99. The van der Waals surface area contributed by atoms with Gasteiger partial charge in [-0.3, -0.25) is 4.79 Å². The Morgan fingerprint density at radius 1 is 1.21 bits per heavy atom. The molecule has 0 N–H and O–H groups in total. The normalized spacial score (nSPS) is 11.4. The van der Waals surface area contributed by atoms with Gasteiger partial charge in [-0.1, -0.05) is 0 Å². The Kier molecular flexibility index (Phi) is 7.13. The quantitative estimate of drug-likeness (QED) is 0.212. The van der Waals surface area contributed by atoms with Crippen LogP contribution in [0.5, 0.6) is 0 Å². The summed E-state index contributed by atoms with van der Waals surface area (Å²) in [5, 5.41) is 0. The van der Waals surface area contributed by atoms with E-state index in [-0.39, 0.29) is 0 Å². The fraction of sp³-hybridized carbons (Fsp3) is 0.400. The summed E-state index contributed by atoms with van der Waals surface area (Å²) in [5.41, 5.74) is 0. The molecule has 4 nitrogen and oxygen atoms in total. The maximum atomic E-state index is 11.0. The van der Waals surface area contributed by atoms with E-state index in [1.165, 1.54) is 18.2 Å². The number of carbonyl (C=O) groups excluding carboxylic acids is 2. The van der Waals surface area contributed by atoms with E-state index in [1.54, 1.807) is 13.8 Å². The summed E-state index contributed by atoms with van der Waals surface area (Å²) >= 11 is 0. The van der Waals surface area contributed by atoms with Crippen molar-refractivity contribution in [2.75, 3.05) is 13.2 Å². The summed E-state index contributed by atoms with van der Waals surface area (Å²) in [6.07, 6.45) is 4.47. The lowest BCUT2D eigenvalue weighted by atomic mass is 10.4. The number of ether oxygens (including phenoxy) is 2. The molecule has 0 saturated carbocycles. The number of rotatable bonds is 6. The molecule has 0 aliphatic heterocycles. The average Bonchev–Trinajstić information content (AvgIpc) is 2.15. The smallest absolute Gasteiger partial charge is 0.334 e. The highest BCUT2D eigenvalue weighted by molar-refractivity contribution is 5.83. The lowest BCUT2D eigenvalue weighted by Crippen LogP contribution is -2.02. The molecule has 0 aromatic carbocycles. The van der Waals surface area contributed by atoms with E-state index in [2.05, 4.69) is 4.74 Å². The monoisotopic (exact) mass is 198 g/mol. The average molecular weight is 198 g/mol. The van der Waals surface area contributed by atoms with E-state index >= 15 is 0 Å². The third kappa shape index (κ3) is 5.99. The highest BCUT2D eigenvalue weighted by atomic mass is 16.5. The zero-order valence-electron chi connectivity index (χ0n) is 8.36. The van der Waals surface area contributed by atoms with Crippen molar-refractivity contribution in [3.63, 3.8) is 0 Å². The lowest BCUT2D eigenvalue weighted by molar-refractivity contribution is -0.137. The van der Waals surface area contributed by atoms with Gasteiger partial charge in [0.25, 0.3) is 0 Å². The van der Waals surface area contributed by atoms with Crippen LogP contribution in [0.25, 0.3) is 0 Å². The van der Waals surface area contributed by atoms with E-state index in [4.69, 9.17) is 4.74 Å². The number of aldehydes is 1. The first-order valence-electron chi connectivity index (χ1n) is 4.37. The van der Waals surface area contributed by atoms with Gasteiger partial charge in [0.1, 0.15) is 12.0 Å². The van der Waals surface area contributed by atoms with Crippen LogP contribution in [-0.4, -0.2) is 25.5 Å². The van der Waals surface area contributed by atoms with Crippen LogP contribution in [-0.2, 0) is 19.1 Å². The second kappa shape index (κ2) is 8.04. The molecule has 0 aliphatic rings.